The van der Waals surface area contributed by atoms with Crippen LogP contribution in [0.2, 0.25) is 0 Å². The summed E-state index contributed by atoms with van der Waals surface area (Å²) >= 11 is 0. The molecule has 0 heterocycles. The van der Waals surface area contributed by atoms with Crippen LogP contribution in [0.15, 0.2) is 24.3 Å². The monoisotopic (exact) mass is 257 g/mol. The fourth-order valence-electron chi connectivity index (χ4n) is 1.15. The lowest BCUT2D eigenvalue weighted by atomic mass is 10.2. The normalized spacial score (nSPS) is 12.4. The molecule has 0 N–H and O–H groups in total. The van der Waals surface area contributed by atoms with Crippen LogP contribution in [-0.2, 0) is 15.6 Å². The number of benzene rings is 1. The summed E-state index contributed by atoms with van der Waals surface area (Å²) in [4.78, 5) is 9.93. The predicted octanol–water partition coefficient (Wildman–Crippen LogP) is 2.31. The minimum Gasteiger partial charge on any atom is -0.258 e. The van der Waals surface area contributed by atoms with Crippen molar-refractivity contribution in [3.8, 4) is 0 Å². The molecule has 1 aromatic rings. The Bertz CT molecular complexity index is 511. The highest BCUT2D eigenvalue weighted by atomic mass is 32.2. The lowest BCUT2D eigenvalue weighted by molar-refractivity contribution is -0.384. The molecular formula is C11H15NO4S. The fraction of sp³-hybridized carbons (Fsp3) is 0.455. The van der Waals surface area contributed by atoms with Crippen LogP contribution in [0.4, 0.5) is 5.69 Å². The molecule has 0 spiro atoms. The van der Waals surface area contributed by atoms with Crippen LogP contribution in [-0.4, -0.2) is 18.1 Å². The summed E-state index contributed by atoms with van der Waals surface area (Å²) in [6.07, 6.45) is 0. The standard InChI is InChI=1S/C11H15NO4S/c1-11(2,3)17(15,16)8-9-4-6-10(7-5-9)12(13)14/h4-7H,8H2,1-3H3. The SMILES string of the molecule is CC(C)(C)S(=O)(=O)Cc1ccc([N+](=O)[O-])cc1. The van der Waals surface area contributed by atoms with Crippen molar-refractivity contribution in [3.63, 3.8) is 0 Å². The maximum absolute atomic E-state index is 11.9. The number of hydrogen-bond donors (Lipinski definition) is 0. The number of sulfone groups is 1. The van der Waals surface area contributed by atoms with Crippen molar-refractivity contribution in [1.82, 2.24) is 0 Å². The van der Waals surface area contributed by atoms with Crippen LogP contribution in [0.25, 0.3) is 0 Å². The molecule has 6 heteroatoms. The van der Waals surface area contributed by atoms with Crippen LogP contribution in [0, 0.1) is 10.1 Å². The average Bonchev–Trinajstić information content (AvgIpc) is 2.16. The third-order valence-corrected chi connectivity index (χ3v) is 5.02. The lowest BCUT2D eigenvalue weighted by Crippen LogP contribution is -2.29. The highest BCUT2D eigenvalue weighted by Gasteiger charge is 2.28. The Hall–Kier alpha value is -1.43. The van der Waals surface area contributed by atoms with E-state index in [9.17, 15) is 18.5 Å². The van der Waals surface area contributed by atoms with Crippen molar-refractivity contribution in [2.45, 2.75) is 31.3 Å². The molecule has 0 aromatic heterocycles. The van der Waals surface area contributed by atoms with Gasteiger partial charge in [0.05, 0.1) is 15.4 Å². The van der Waals surface area contributed by atoms with Crippen molar-refractivity contribution in [1.29, 1.82) is 0 Å². The van der Waals surface area contributed by atoms with Crippen LogP contribution in [0.1, 0.15) is 26.3 Å². The van der Waals surface area contributed by atoms with E-state index in [2.05, 4.69) is 0 Å². The van der Waals surface area contributed by atoms with Gasteiger partial charge in [0.25, 0.3) is 5.69 Å². The van der Waals surface area contributed by atoms with E-state index < -0.39 is 19.5 Å². The van der Waals surface area contributed by atoms with Crippen molar-refractivity contribution in [2.75, 3.05) is 0 Å². The molecular weight excluding hydrogens is 242 g/mol. The molecule has 1 aromatic carbocycles. The molecule has 0 unspecified atom stereocenters. The highest BCUT2D eigenvalue weighted by molar-refractivity contribution is 7.91. The lowest BCUT2D eigenvalue weighted by Gasteiger charge is -2.18. The van der Waals surface area contributed by atoms with E-state index in [0.29, 0.717) is 5.56 Å². The summed E-state index contributed by atoms with van der Waals surface area (Å²) in [7, 11) is -3.25. The Morgan fingerprint density at radius 3 is 2.00 bits per heavy atom. The Morgan fingerprint density at radius 2 is 1.65 bits per heavy atom. The summed E-state index contributed by atoms with van der Waals surface area (Å²) in [5.41, 5.74) is 0.521. The van der Waals surface area contributed by atoms with Crippen molar-refractivity contribution in [3.05, 3.63) is 39.9 Å². The summed E-state index contributed by atoms with van der Waals surface area (Å²) in [6, 6.07) is 5.57. The van der Waals surface area contributed by atoms with E-state index in [0.717, 1.165) is 0 Å². The van der Waals surface area contributed by atoms with Gasteiger partial charge in [0, 0.05) is 12.1 Å². The van der Waals surface area contributed by atoms with E-state index in [1.807, 2.05) is 0 Å². The molecule has 5 nitrogen and oxygen atoms in total. The van der Waals surface area contributed by atoms with E-state index in [1.165, 1.54) is 24.3 Å². The molecule has 0 atom stereocenters. The first-order chi connectivity index (χ1) is 7.63. The Morgan fingerprint density at radius 1 is 1.18 bits per heavy atom. The largest absolute Gasteiger partial charge is 0.269 e. The second-order valence-electron chi connectivity index (χ2n) is 4.80. The molecule has 94 valence electrons. The molecule has 0 radical (unpaired) electrons. The summed E-state index contributed by atoms with van der Waals surface area (Å²) < 4.78 is 23.0. The van der Waals surface area contributed by atoms with Crippen molar-refractivity contribution in [2.24, 2.45) is 0 Å². The topological polar surface area (TPSA) is 77.3 Å². The van der Waals surface area contributed by atoms with E-state index in [1.54, 1.807) is 20.8 Å². The Balaban J connectivity index is 2.95. The first-order valence-electron chi connectivity index (χ1n) is 5.09. The van der Waals surface area contributed by atoms with Gasteiger partial charge in [0.2, 0.25) is 0 Å². The third kappa shape index (κ3) is 3.26. The van der Waals surface area contributed by atoms with Crippen molar-refractivity contribution < 1.29 is 13.3 Å². The second kappa shape index (κ2) is 4.44. The number of nitro groups is 1. The Kier molecular flexibility index (Phi) is 3.56. The number of nitrogens with zero attached hydrogens (tertiary/aromatic N) is 1. The number of hydrogen-bond acceptors (Lipinski definition) is 4. The van der Waals surface area contributed by atoms with Crippen molar-refractivity contribution >= 4 is 15.5 Å². The van der Waals surface area contributed by atoms with Crippen LogP contribution >= 0.6 is 0 Å². The molecule has 0 aliphatic heterocycles. The first-order valence-corrected chi connectivity index (χ1v) is 6.74. The molecule has 0 aliphatic rings. The van der Waals surface area contributed by atoms with Gasteiger partial charge in [-0.2, -0.15) is 0 Å². The van der Waals surface area contributed by atoms with Gasteiger partial charge in [-0.15, -0.1) is 0 Å². The zero-order chi connectivity index (χ0) is 13.3. The quantitative estimate of drug-likeness (QED) is 0.615. The summed E-state index contributed by atoms with van der Waals surface area (Å²) in [5.74, 6) is -0.103. The molecule has 0 fully saturated rings. The number of rotatable bonds is 3. The fourth-order valence-corrected chi connectivity index (χ4v) is 2.21. The maximum atomic E-state index is 11.9. The van der Waals surface area contributed by atoms with E-state index in [4.69, 9.17) is 0 Å². The van der Waals surface area contributed by atoms with E-state index >= 15 is 0 Å². The summed E-state index contributed by atoms with van der Waals surface area (Å²) in [6.45, 7) is 4.90. The minimum atomic E-state index is -3.25. The van der Waals surface area contributed by atoms with Crippen LogP contribution in [0.3, 0.4) is 0 Å². The first kappa shape index (κ1) is 13.6. The molecule has 0 aliphatic carbocycles. The zero-order valence-corrected chi connectivity index (χ0v) is 10.8. The average molecular weight is 257 g/mol. The van der Waals surface area contributed by atoms with Gasteiger partial charge in [0.1, 0.15) is 0 Å². The van der Waals surface area contributed by atoms with Gasteiger partial charge >= 0.3 is 0 Å². The van der Waals surface area contributed by atoms with E-state index in [-0.39, 0.29) is 11.4 Å². The third-order valence-electron chi connectivity index (χ3n) is 2.44. The maximum Gasteiger partial charge on any atom is 0.269 e. The van der Waals surface area contributed by atoms with Crippen LogP contribution in [0.5, 0.6) is 0 Å². The van der Waals surface area contributed by atoms with Gasteiger partial charge in [-0.1, -0.05) is 12.1 Å². The number of nitro benzene ring substituents is 1. The minimum absolute atomic E-state index is 0.0399. The summed E-state index contributed by atoms with van der Waals surface area (Å²) in [5, 5.41) is 10.4. The zero-order valence-electron chi connectivity index (χ0n) is 10.0. The molecule has 0 saturated heterocycles. The molecule has 1 rings (SSSR count). The van der Waals surface area contributed by atoms with Crippen LogP contribution < -0.4 is 0 Å². The number of non-ortho nitro benzene ring substituents is 1. The van der Waals surface area contributed by atoms with Gasteiger partial charge in [-0.25, -0.2) is 8.42 Å². The molecule has 0 amide bonds. The highest BCUT2D eigenvalue weighted by Crippen LogP contribution is 2.21. The van der Waals surface area contributed by atoms with Gasteiger partial charge in [-0.3, -0.25) is 10.1 Å². The van der Waals surface area contributed by atoms with Gasteiger partial charge in [-0.05, 0) is 26.3 Å². The predicted molar refractivity (Wildman–Crippen MR) is 65.5 cm³/mol. The molecule has 17 heavy (non-hydrogen) atoms. The second-order valence-corrected chi connectivity index (χ2v) is 7.54. The van der Waals surface area contributed by atoms with Gasteiger partial charge < -0.3 is 0 Å². The molecule has 0 saturated carbocycles. The van der Waals surface area contributed by atoms with Gasteiger partial charge in [0.15, 0.2) is 9.84 Å². The smallest absolute Gasteiger partial charge is 0.258 e. The molecule has 0 bridgehead atoms. The Labute approximate surface area is 101 Å².